The molecular formula is C25H28. The van der Waals surface area contributed by atoms with Crippen molar-refractivity contribution in [2.45, 2.75) is 52.4 Å². The maximum absolute atomic E-state index is 3.37. The summed E-state index contributed by atoms with van der Waals surface area (Å²) in [6.07, 6.45) is 9.63. The molecule has 1 aliphatic rings. The Morgan fingerprint density at radius 2 is 1.56 bits per heavy atom. The van der Waals surface area contributed by atoms with Gasteiger partial charge in [-0.1, -0.05) is 81.0 Å². The Bertz CT molecular complexity index is 764. The molecule has 2 aromatic carbocycles. The van der Waals surface area contributed by atoms with Crippen LogP contribution in [-0.2, 0) is 6.42 Å². The Morgan fingerprint density at radius 1 is 0.880 bits per heavy atom. The van der Waals surface area contributed by atoms with E-state index in [0.29, 0.717) is 0 Å². The number of rotatable bonds is 4. The summed E-state index contributed by atoms with van der Waals surface area (Å²) < 4.78 is 0. The van der Waals surface area contributed by atoms with Crippen molar-refractivity contribution < 1.29 is 0 Å². The van der Waals surface area contributed by atoms with Gasteiger partial charge in [-0.3, -0.25) is 0 Å². The molecule has 3 rings (SSSR count). The fourth-order valence-electron chi connectivity index (χ4n) is 3.42. The van der Waals surface area contributed by atoms with E-state index in [-0.39, 0.29) is 0 Å². The normalized spacial score (nSPS) is 16.7. The summed E-state index contributed by atoms with van der Waals surface area (Å²) in [5.41, 5.74) is 6.38. The van der Waals surface area contributed by atoms with E-state index in [9.17, 15) is 0 Å². The quantitative estimate of drug-likeness (QED) is 0.542. The monoisotopic (exact) mass is 328 g/mol. The summed E-state index contributed by atoms with van der Waals surface area (Å²) >= 11 is 0. The number of hydrogen-bond acceptors (Lipinski definition) is 0. The standard InChI is InChI=1S/C25H28/c1-3-5-21-12-16-24(17-13-21)25-18-14-23(15-19-25)11-10-22-8-6-20(4-2)7-9-22/h8,12-20H,3-7,9H2,1-2H3. The van der Waals surface area contributed by atoms with Crippen LogP contribution in [0.2, 0.25) is 0 Å². The molecule has 0 heteroatoms. The molecule has 25 heavy (non-hydrogen) atoms. The van der Waals surface area contributed by atoms with Crippen LogP contribution in [0.5, 0.6) is 0 Å². The summed E-state index contributed by atoms with van der Waals surface area (Å²) in [6, 6.07) is 17.6. The van der Waals surface area contributed by atoms with Crippen LogP contribution >= 0.6 is 0 Å². The molecule has 0 saturated carbocycles. The Labute approximate surface area is 153 Å². The highest BCUT2D eigenvalue weighted by atomic mass is 14.2. The van der Waals surface area contributed by atoms with Crippen LogP contribution in [0.3, 0.4) is 0 Å². The second-order valence-electron chi connectivity index (χ2n) is 7.05. The van der Waals surface area contributed by atoms with Gasteiger partial charge in [0.1, 0.15) is 0 Å². The van der Waals surface area contributed by atoms with Crippen molar-refractivity contribution in [2.24, 2.45) is 5.92 Å². The fraction of sp³-hybridized carbons (Fsp3) is 0.360. The number of hydrogen-bond donors (Lipinski definition) is 0. The Morgan fingerprint density at radius 3 is 2.12 bits per heavy atom. The Balaban J connectivity index is 1.67. The molecule has 0 saturated heterocycles. The van der Waals surface area contributed by atoms with Gasteiger partial charge in [-0.25, -0.2) is 0 Å². The molecule has 0 nitrogen and oxygen atoms in total. The molecule has 128 valence electrons. The number of benzene rings is 2. The summed E-state index contributed by atoms with van der Waals surface area (Å²) in [7, 11) is 0. The summed E-state index contributed by atoms with van der Waals surface area (Å²) in [4.78, 5) is 0. The predicted molar refractivity (Wildman–Crippen MR) is 108 cm³/mol. The zero-order valence-corrected chi connectivity index (χ0v) is 15.5. The lowest BCUT2D eigenvalue weighted by Gasteiger charge is -2.17. The van der Waals surface area contributed by atoms with E-state index in [2.05, 4.69) is 80.3 Å². The zero-order chi connectivity index (χ0) is 17.5. The molecule has 1 unspecified atom stereocenters. The van der Waals surface area contributed by atoms with Crippen LogP contribution in [-0.4, -0.2) is 0 Å². The van der Waals surface area contributed by atoms with Gasteiger partial charge in [0.15, 0.2) is 0 Å². The third kappa shape index (κ3) is 4.86. The summed E-state index contributed by atoms with van der Waals surface area (Å²) in [5.74, 6) is 7.58. The van der Waals surface area contributed by atoms with Crippen LogP contribution in [0, 0.1) is 17.8 Å². The fourth-order valence-corrected chi connectivity index (χ4v) is 3.42. The first-order chi connectivity index (χ1) is 12.3. The zero-order valence-electron chi connectivity index (χ0n) is 15.5. The molecule has 1 aliphatic carbocycles. The lowest BCUT2D eigenvalue weighted by molar-refractivity contribution is 0.460. The van der Waals surface area contributed by atoms with E-state index in [1.54, 1.807) is 0 Å². The van der Waals surface area contributed by atoms with Gasteiger partial charge in [0, 0.05) is 5.56 Å². The highest BCUT2D eigenvalue weighted by Gasteiger charge is 2.10. The molecule has 0 fully saturated rings. The van der Waals surface area contributed by atoms with Gasteiger partial charge in [-0.05, 0) is 66.0 Å². The van der Waals surface area contributed by atoms with Crippen LogP contribution in [0.25, 0.3) is 11.1 Å². The molecule has 0 bridgehead atoms. The highest BCUT2D eigenvalue weighted by Crippen LogP contribution is 2.25. The maximum atomic E-state index is 3.37. The average Bonchev–Trinajstić information content (AvgIpc) is 2.68. The van der Waals surface area contributed by atoms with Crippen LogP contribution in [0.4, 0.5) is 0 Å². The second kappa shape index (κ2) is 8.72. The van der Waals surface area contributed by atoms with Crippen molar-refractivity contribution in [3.8, 4) is 23.0 Å². The molecule has 0 amide bonds. The van der Waals surface area contributed by atoms with Gasteiger partial charge < -0.3 is 0 Å². The lowest BCUT2D eigenvalue weighted by Crippen LogP contribution is -2.03. The summed E-state index contributed by atoms with van der Waals surface area (Å²) in [6.45, 7) is 4.51. The van der Waals surface area contributed by atoms with Gasteiger partial charge in [0.05, 0.1) is 0 Å². The predicted octanol–water partition coefficient (Wildman–Crippen LogP) is 6.79. The third-order valence-corrected chi connectivity index (χ3v) is 5.18. The van der Waals surface area contributed by atoms with Crippen molar-refractivity contribution in [2.75, 3.05) is 0 Å². The molecule has 1 atom stereocenters. The average molecular weight is 328 g/mol. The van der Waals surface area contributed by atoms with E-state index >= 15 is 0 Å². The second-order valence-corrected chi connectivity index (χ2v) is 7.05. The minimum Gasteiger partial charge on any atom is -0.0726 e. The first-order valence-corrected chi connectivity index (χ1v) is 9.69. The SMILES string of the molecule is CCCc1ccc(-c2ccc(C#CC3=CCC(CC)CC3)cc2)cc1. The minimum absolute atomic E-state index is 0.869. The molecule has 2 aromatic rings. The van der Waals surface area contributed by atoms with Crippen LogP contribution < -0.4 is 0 Å². The van der Waals surface area contributed by atoms with Gasteiger partial charge in [-0.15, -0.1) is 0 Å². The highest BCUT2D eigenvalue weighted by molar-refractivity contribution is 5.64. The molecule has 0 aliphatic heterocycles. The largest absolute Gasteiger partial charge is 0.0726 e. The van der Waals surface area contributed by atoms with Gasteiger partial charge in [0.25, 0.3) is 0 Å². The van der Waals surface area contributed by atoms with Crippen LogP contribution in [0.1, 0.15) is 57.1 Å². The smallest absolute Gasteiger partial charge is 0.0249 e. The molecule has 0 N–H and O–H groups in total. The van der Waals surface area contributed by atoms with Crippen molar-refractivity contribution in [1.29, 1.82) is 0 Å². The molecular weight excluding hydrogens is 300 g/mol. The van der Waals surface area contributed by atoms with Crippen molar-refractivity contribution >= 4 is 0 Å². The van der Waals surface area contributed by atoms with Gasteiger partial charge >= 0.3 is 0 Å². The Hall–Kier alpha value is -2.26. The lowest BCUT2D eigenvalue weighted by atomic mass is 9.88. The first kappa shape index (κ1) is 17.6. The molecule has 0 heterocycles. The first-order valence-electron chi connectivity index (χ1n) is 9.69. The van der Waals surface area contributed by atoms with E-state index in [1.807, 2.05) is 0 Å². The van der Waals surface area contributed by atoms with E-state index < -0.39 is 0 Å². The van der Waals surface area contributed by atoms with E-state index in [0.717, 1.165) is 24.3 Å². The molecule has 0 aromatic heterocycles. The molecule has 0 spiro atoms. The van der Waals surface area contributed by atoms with Crippen molar-refractivity contribution in [3.05, 3.63) is 71.3 Å². The number of allylic oxidation sites excluding steroid dienone is 2. The number of aryl methyl sites for hydroxylation is 1. The topological polar surface area (TPSA) is 0 Å². The summed E-state index contributed by atoms with van der Waals surface area (Å²) in [5, 5.41) is 0. The van der Waals surface area contributed by atoms with Crippen LogP contribution in [0.15, 0.2) is 60.2 Å². The van der Waals surface area contributed by atoms with Crippen molar-refractivity contribution in [1.82, 2.24) is 0 Å². The third-order valence-electron chi connectivity index (χ3n) is 5.18. The maximum Gasteiger partial charge on any atom is 0.0249 e. The Kier molecular flexibility index (Phi) is 6.13. The van der Waals surface area contributed by atoms with Gasteiger partial charge in [0.2, 0.25) is 0 Å². The minimum atomic E-state index is 0.869. The van der Waals surface area contributed by atoms with Gasteiger partial charge in [-0.2, -0.15) is 0 Å². The van der Waals surface area contributed by atoms with E-state index in [4.69, 9.17) is 0 Å². The van der Waals surface area contributed by atoms with Crippen molar-refractivity contribution in [3.63, 3.8) is 0 Å². The molecule has 0 radical (unpaired) electrons. The van der Waals surface area contributed by atoms with E-state index in [1.165, 1.54) is 47.9 Å².